The average molecular weight is 291 g/mol. The van der Waals surface area contributed by atoms with Crippen molar-refractivity contribution in [2.45, 2.75) is 64.7 Å². The number of aliphatic carboxylic acids is 1. The first-order chi connectivity index (χ1) is 10.1. The highest BCUT2D eigenvalue weighted by atomic mass is 16.4. The van der Waals surface area contributed by atoms with Gasteiger partial charge >= 0.3 is 0 Å². The van der Waals surface area contributed by atoms with Gasteiger partial charge in [0.15, 0.2) is 5.78 Å². The fraction of sp³-hybridized carbons (Fsp3) is 0.667. The molecule has 0 N–H and O–H groups in total. The van der Waals surface area contributed by atoms with Crippen molar-refractivity contribution in [3.05, 3.63) is 24.3 Å². The molecule has 3 heteroatoms. The largest absolute Gasteiger partial charge is 0.550 e. The van der Waals surface area contributed by atoms with E-state index in [-0.39, 0.29) is 18.1 Å². The molecule has 0 bridgehead atoms. The van der Waals surface area contributed by atoms with Crippen LogP contribution in [-0.2, 0) is 9.59 Å². The summed E-state index contributed by atoms with van der Waals surface area (Å²) in [4.78, 5) is 22.1. The van der Waals surface area contributed by atoms with E-state index in [9.17, 15) is 14.7 Å². The summed E-state index contributed by atoms with van der Waals surface area (Å²) in [5.41, 5.74) is 0. The van der Waals surface area contributed by atoms with Crippen LogP contribution in [0.4, 0.5) is 0 Å². The molecule has 0 amide bonds. The Bertz CT molecular complexity index is 382. The molecule has 0 heterocycles. The van der Waals surface area contributed by atoms with Crippen molar-refractivity contribution in [3.63, 3.8) is 0 Å². The fourth-order valence-corrected chi connectivity index (χ4v) is 2.86. The second kappa shape index (κ2) is 10.4. The Hall–Kier alpha value is -1.38. The van der Waals surface area contributed by atoms with E-state index >= 15 is 0 Å². The molecule has 0 aromatic carbocycles. The molecule has 118 valence electrons. The van der Waals surface area contributed by atoms with Gasteiger partial charge in [0, 0.05) is 11.9 Å². The summed E-state index contributed by atoms with van der Waals surface area (Å²) >= 11 is 0. The Morgan fingerprint density at radius 2 is 1.90 bits per heavy atom. The van der Waals surface area contributed by atoms with Crippen molar-refractivity contribution in [2.75, 3.05) is 0 Å². The van der Waals surface area contributed by atoms with Crippen molar-refractivity contribution in [3.8, 4) is 0 Å². The Kier molecular flexibility index (Phi) is 8.72. The maximum Gasteiger partial charge on any atom is 0.159 e. The number of carboxylic acids is 1. The Morgan fingerprint density at radius 3 is 2.62 bits per heavy atom. The van der Waals surface area contributed by atoms with Gasteiger partial charge in [0.05, 0.1) is 0 Å². The van der Waals surface area contributed by atoms with Crippen molar-refractivity contribution in [1.29, 1.82) is 0 Å². The van der Waals surface area contributed by atoms with Gasteiger partial charge in [0.2, 0.25) is 0 Å². The highest BCUT2D eigenvalue weighted by Gasteiger charge is 2.28. The van der Waals surface area contributed by atoms with E-state index in [1.54, 1.807) is 6.08 Å². The third-order valence-corrected chi connectivity index (χ3v) is 4.10. The molecule has 1 aliphatic rings. The number of rotatable bonds is 11. The zero-order valence-electron chi connectivity index (χ0n) is 13.1. The normalized spacial score (nSPS) is 21.5. The molecule has 0 unspecified atom stereocenters. The molecule has 0 aromatic heterocycles. The first kappa shape index (κ1) is 17.7. The predicted molar refractivity (Wildman–Crippen MR) is 82.5 cm³/mol. The SMILES string of the molecule is CC/C=C\C[C@H]1C(=O)C=C[C@H]1CCCCCCCC(=O)[O-]. The van der Waals surface area contributed by atoms with E-state index < -0.39 is 5.97 Å². The van der Waals surface area contributed by atoms with Gasteiger partial charge in [0.25, 0.3) is 0 Å². The maximum atomic E-state index is 11.8. The zero-order chi connectivity index (χ0) is 15.5. The fourth-order valence-electron chi connectivity index (χ4n) is 2.86. The lowest BCUT2D eigenvalue weighted by Crippen LogP contribution is -2.21. The molecule has 0 fully saturated rings. The molecule has 0 saturated carbocycles. The third-order valence-electron chi connectivity index (χ3n) is 4.10. The smallest absolute Gasteiger partial charge is 0.159 e. The molecule has 3 nitrogen and oxygen atoms in total. The van der Waals surface area contributed by atoms with Crippen LogP contribution in [0, 0.1) is 11.8 Å². The Morgan fingerprint density at radius 1 is 1.19 bits per heavy atom. The standard InChI is InChI=1S/C18H28O3/c1-2-3-7-11-16-15(13-14-17(16)19)10-8-5-4-6-9-12-18(20)21/h3,7,13-16H,2,4-6,8-12H2,1H3,(H,20,21)/p-1/b7-3-/t15-,16-/m1/s1. The number of ketones is 1. The lowest BCUT2D eigenvalue weighted by atomic mass is 9.87. The van der Waals surface area contributed by atoms with Crippen LogP contribution in [0.2, 0.25) is 0 Å². The van der Waals surface area contributed by atoms with Crippen molar-refractivity contribution < 1.29 is 14.7 Å². The number of allylic oxidation sites excluding steroid dienone is 4. The van der Waals surface area contributed by atoms with Gasteiger partial charge in [-0.15, -0.1) is 0 Å². The van der Waals surface area contributed by atoms with Crippen molar-refractivity contribution >= 4 is 11.8 Å². The monoisotopic (exact) mass is 291 g/mol. The summed E-state index contributed by atoms with van der Waals surface area (Å²) in [5, 5.41) is 10.3. The van der Waals surface area contributed by atoms with Crippen LogP contribution in [0.15, 0.2) is 24.3 Å². The number of hydrogen-bond acceptors (Lipinski definition) is 3. The van der Waals surface area contributed by atoms with Crippen LogP contribution in [-0.4, -0.2) is 11.8 Å². The number of carboxylic acid groups (broad SMARTS) is 1. The molecule has 0 aromatic rings. The topological polar surface area (TPSA) is 57.2 Å². The number of carbonyl (C=O) groups is 2. The van der Waals surface area contributed by atoms with E-state index in [2.05, 4.69) is 25.2 Å². The Balaban J connectivity index is 2.15. The molecule has 0 aliphatic heterocycles. The minimum atomic E-state index is -0.951. The second-order valence-electron chi connectivity index (χ2n) is 5.83. The lowest BCUT2D eigenvalue weighted by Gasteiger charge is -2.16. The minimum absolute atomic E-state index is 0.144. The zero-order valence-corrected chi connectivity index (χ0v) is 13.1. The number of carbonyl (C=O) groups excluding carboxylic acids is 2. The van der Waals surface area contributed by atoms with Crippen LogP contribution in [0.1, 0.15) is 64.7 Å². The highest BCUT2D eigenvalue weighted by molar-refractivity contribution is 5.94. The molecule has 2 atom stereocenters. The summed E-state index contributed by atoms with van der Waals surface area (Å²) < 4.78 is 0. The molecule has 1 aliphatic carbocycles. The van der Waals surface area contributed by atoms with E-state index in [1.807, 2.05) is 0 Å². The first-order valence-electron chi connectivity index (χ1n) is 8.22. The van der Waals surface area contributed by atoms with Crippen LogP contribution in [0.25, 0.3) is 0 Å². The third kappa shape index (κ3) is 7.26. The Labute approximate surface area is 128 Å². The van der Waals surface area contributed by atoms with Crippen LogP contribution in [0.5, 0.6) is 0 Å². The van der Waals surface area contributed by atoms with E-state index in [4.69, 9.17) is 0 Å². The van der Waals surface area contributed by atoms with Crippen LogP contribution in [0.3, 0.4) is 0 Å². The van der Waals surface area contributed by atoms with Gasteiger partial charge in [-0.1, -0.05) is 50.8 Å². The molecule has 21 heavy (non-hydrogen) atoms. The molecule has 1 rings (SSSR count). The van der Waals surface area contributed by atoms with Crippen molar-refractivity contribution in [2.24, 2.45) is 11.8 Å². The quantitative estimate of drug-likeness (QED) is 0.434. The lowest BCUT2D eigenvalue weighted by molar-refractivity contribution is -0.305. The van der Waals surface area contributed by atoms with E-state index in [0.717, 1.165) is 44.9 Å². The molecule has 0 radical (unpaired) electrons. The summed E-state index contributed by atoms with van der Waals surface area (Å²) in [5.74, 6) is -0.143. The second-order valence-corrected chi connectivity index (χ2v) is 5.83. The summed E-state index contributed by atoms with van der Waals surface area (Å²) in [6, 6.07) is 0. The highest BCUT2D eigenvalue weighted by Crippen LogP contribution is 2.30. The molecular weight excluding hydrogens is 264 g/mol. The predicted octanol–water partition coefficient (Wildman–Crippen LogP) is 3.19. The maximum absolute atomic E-state index is 11.8. The average Bonchev–Trinajstić information content (AvgIpc) is 2.79. The van der Waals surface area contributed by atoms with Gasteiger partial charge in [-0.2, -0.15) is 0 Å². The van der Waals surface area contributed by atoms with Gasteiger partial charge in [0.1, 0.15) is 0 Å². The van der Waals surface area contributed by atoms with E-state index in [0.29, 0.717) is 12.3 Å². The molecular formula is C18H27O3-. The van der Waals surface area contributed by atoms with Crippen LogP contribution >= 0.6 is 0 Å². The van der Waals surface area contributed by atoms with Gasteiger partial charge in [-0.25, -0.2) is 0 Å². The van der Waals surface area contributed by atoms with Crippen LogP contribution < -0.4 is 5.11 Å². The number of unbranched alkanes of at least 4 members (excludes halogenated alkanes) is 4. The van der Waals surface area contributed by atoms with Gasteiger partial charge in [-0.3, -0.25) is 4.79 Å². The first-order valence-corrected chi connectivity index (χ1v) is 8.22. The van der Waals surface area contributed by atoms with E-state index in [1.165, 1.54) is 0 Å². The van der Waals surface area contributed by atoms with Gasteiger partial charge < -0.3 is 9.90 Å². The molecule has 0 spiro atoms. The van der Waals surface area contributed by atoms with Crippen molar-refractivity contribution in [1.82, 2.24) is 0 Å². The summed E-state index contributed by atoms with van der Waals surface area (Å²) in [7, 11) is 0. The minimum Gasteiger partial charge on any atom is -0.550 e. The molecule has 0 saturated heterocycles. The summed E-state index contributed by atoms with van der Waals surface area (Å²) in [6.07, 6.45) is 16.1. The summed E-state index contributed by atoms with van der Waals surface area (Å²) in [6.45, 7) is 2.10. The van der Waals surface area contributed by atoms with Gasteiger partial charge in [-0.05, 0) is 44.1 Å². The number of hydrogen-bond donors (Lipinski definition) is 0.